The van der Waals surface area contributed by atoms with Gasteiger partial charge >= 0.3 is 0 Å². The van der Waals surface area contributed by atoms with Gasteiger partial charge in [-0.3, -0.25) is 0 Å². The number of aliphatic hydroxyl groups is 1. The van der Waals surface area contributed by atoms with Gasteiger partial charge in [0.1, 0.15) is 0 Å². The molecule has 1 atom stereocenters. The van der Waals surface area contributed by atoms with Crippen LogP contribution in [0.2, 0.25) is 0 Å². The number of hydrogen-bond acceptors (Lipinski definition) is 2. The van der Waals surface area contributed by atoms with Crippen molar-refractivity contribution in [2.24, 2.45) is 5.41 Å². The molecular formula is C16H25NO. The highest BCUT2D eigenvalue weighted by Gasteiger charge is 2.28. The second-order valence-corrected chi connectivity index (χ2v) is 6.16. The Morgan fingerprint density at radius 3 is 2.56 bits per heavy atom. The number of fused-ring (bicyclic) bond motifs is 1. The highest BCUT2D eigenvalue weighted by atomic mass is 16.3. The Bertz CT molecular complexity index is 412. The van der Waals surface area contributed by atoms with Gasteiger partial charge in [0.15, 0.2) is 0 Å². The van der Waals surface area contributed by atoms with E-state index >= 15 is 0 Å². The number of aryl methyl sites for hydroxylation is 2. The first-order valence-corrected chi connectivity index (χ1v) is 6.99. The highest BCUT2D eigenvalue weighted by molar-refractivity contribution is 5.35. The van der Waals surface area contributed by atoms with Crippen LogP contribution in [0.4, 0.5) is 0 Å². The Hall–Kier alpha value is -0.860. The first-order chi connectivity index (χ1) is 8.54. The van der Waals surface area contributed by atoms with E-state index in [1.54, 1.807) is 0 Å². The third-order valence-corrected chi connectivity index (χ3v) is 4.06. The van der Waals surface area contributed by atoms with Gasteiger partial charge in [0.25, 0.3) is 0 Å². The molecule has 2 N–H and O–H groups in total. The summed E-state index contributed by atoms with van der Waals surface area (Å²) in [5.74, 6) is 0. The van der Waals surface area contributed by atoms with E-state index in [0.29, 0.717) is 0 Å². The number of rotatable bonds is 4. The molecule has 0 aromatic heterocycles. The van der Waals surface area contributed by atoms with Gasteiger partial charge in [-0.05, 0) is 49.4 Å². The lowest BCUT2D eigenvalue weighted by Crippen LogP contribution is -2.32. The Kier molecular flexibility index (Phi) is 4.08. The van der Waals surface area contributed by atoms with Crippen LogP contribution < -0.4 is 5.32 Å². The minimum absolute atomic E-state index is 0.141. The number of benzene rings is 1. The average Bonchev–Trinajstić information content (AvgIpc) is 2.37. The van der Waals surface area contributed by atoms with Crippen molar-refractivity contribution >= 4 is 0 Å². The number of hydrogen-bond donors (Lipinski definition) is 2. The second kappa shape index (κ2) is 5.41. The predicted octanol–water partition coefficient (Wildman–Crippen LogP) is 2.84. The Balaban J connectivity index is 2.23. The molecule has 1 aliphatic rings. The van der Waals surface area contributed by atoms with Crippen molar-refractivity contribution in [3.8, 4) is 0 Å². The molecule has 2 rings (SSSR count). The molecule has 2 nitrogen and oxygen atoms in total. The van der Waals surface area contributed by atoms with Crippen molar-refractivity contribution in [1.82, 2.24) is 5.32 Å². The Morgan fingerprint density at radius 2 is 1.89 bits per heavy atom. The lowest BCUT2D eigenvalue weighted by molar-refractivity contribution is 0.0505. The van der Waals surface area contributed by atoms with E-state index in [1.165, 1.54) is 36.8 Å². The molecule has 1 aromatic rings. The molecule has 100 valence electrons. The summed E-state index contributed by atoms with van der Waals surface area (Å²) < 4.78 is 0. The van der Waals surface area contributed by atoms with Crippen LogP contribution in [0.1, 0.15) is 49.5 Å². The molecule has 1 aliphatic carbocycles. The van der Waals surface area contributed by atoms with Crippen LogP contribution in [0.5, 0.6) is 0 Å². The summed E-state index contributed by atoms with van der Waals surface area (Å²) in [5, 5.41) is 13.7. The van der Waals surface area contributed by atoms with Crippen LogP contribution in [-0.2, 0) is 12.8 Å². The van der Waals surface area contributed by atoms with Gasteiger partial charge < -0.3 is 10.4 Å². The lowest BCUT2D eigenvalue weighted by Gasteiger charge is -2.31. The predicted molar refractivity (Wildman–Crippen MR) is 75.8 cm³/mol. The average molecular weight is 247 g/mol. The van der Waals surface area contributed by atoms with E-state index in [4.69, 9.17) is 0 Å². The number of nitrogens with one attached hydrogen (secondary N) is 1. The normalized spacial score (nSPS) is 17.3. The van der Waals surface area contributed by atoms with E-state index in [1.807, 2.05) is 7.05 Å². The molecule has 0 heterocycles. The third kappa shape index (κ3) is 2.76. The quantitative estimate of drug-likeness (QED) is 0.857. The van der Waals surface area contributed by atoms with Gasteiger partial charge in [0.05, 0.1) is 6.10 Å². The second-order valence-electron chi connectivity index (χ2n) is 6.16. The molecule has 0 amide bonds. The first kappa shape index (κ1) is 13.6. The minimum atomic E-state index is -0.405. The molecular weight excluding hydrogens is 222 g/mol. The van der Waals surface area contributed by atoms with Gasteiger partial charge in [-0.15, -0.1) is 0 Å². The molecule has 1 aromatic carbocycles. The molecule has 0 aliphatic heterocycles. The highest BCUT2D eigenvalue weighted by Crippen LogP contribution is 2.34. The molecule has 1 unspecified atom stereocenters. The van der Waals surface area contributed by atoms with E-state index in [9.17, 15) is 5.11 Å². The van der Waals surface area contributed by atoms with Crippen molar-refractivity contribution in [3.05, 3.63) is 34.9 Å². The summed E-state index contributed by atoms with van der Waals surface area (Å²) in [6.07, 6.45) is 4.55. The fourth-order valence-electron chi connectivity index (χ4n) is 2.93. The van der Waals surface area contributed by atoms with Gasteiger partial charge in [-0.2, -0.15) is 0 Å². The monoisotopic (exact) mass is 247 g/mol. The molecule has 18 heavy (non-hydrogen) atoms. The van der Waals surface area contributed by atoms with Crippen LogP contribution in [0, 0.1) is 5.41 Å². The Labute approximate surface area is 110 Å². The SMILES string of the molecule is CNCC(C)(C)C(O)c1ccc2c(c1)CCCC2. The smallest absolute Gasteiger partial charge is 0.0853 e. The van der Waals surface area contributed by atoms with Crippen LogP contribution in [-0.4, -0.2) is 18.7 Å². The molecule has 0 saturated carbocycles. The van der Waals surface area contributed by atoms with Crippen molar-refractivity contribution in [2.45, 2.75) is 45.6 Å². The van der Waals surface area contributed by atoms with Gasteiger partial charge in [-0.25, -0.2) is 0 Å². The molecule has 0 bridgehead atoms. The zero-order chi connectivity index (χ0) is 13.2. The van der Waals surface area contributed by atoms with Gasteiger partial charge in [-0.1, -0.05) is 32.0 Å². The van der Waals surface area contributed by atoms with Crippen LogP contribution in [0.25, 0.3) is 0 Å². The lowest BCUT2D eigenvalue weighted by atomic mass is 9.80. The standard InChI is InChI=1S/C16H25NO/c1-16(2,11-17-3)15(18)14-9-8-12-6-4-5-7-13(12)10-14/h8-10,15,17-18H,4-7,11H2,1-3H3. The third-order valence-electron chi connectivity index (χ3n) is 4.06. The zero-order valence-corrected chi connectivity index (χ0v) is 11.8. The summed E-state index contributed by atoms with van der Waals surface area (Å²) in [6, 6.07) is 6.53. The summed E-state index contributed by atoms with van der Waals surface area (Å²) in [7, 11) is 1.93. The summed E-state index contributed by atoms with van der Waals surface area (Å²) in [5.41, 5.74) is 3.84. The maximum absolute atomic E-state index is 10.5. The molecule has 0 radical (unpaired) electrons. The molecule has 0 fully saturated rings. The van der Waals surface area contributed by atoms with Gasteiger partial charge in [0.2, 0.25) is 0 Å². The maximum Gasteiger partial charge on any atom is 0.0853 e. The summed E-state index contributed by atoms with van der Waals surface area (Å²) >= 11 is 0. The van der Waals surface area contributed by atoms with Crippen molar-refractivity contribution in [3.63, 3.8) is 0 Å². The molecule has 0 saturated heterocycles. The van der Waals surface area contributed by atoms with Crippen molar-refractivity contribution in [1.29, 1.82) is 0 Å². The topological polar surface area (TPSA) is 32.3 Å². The van der Waals surface area contributed by atoms with E-state index in [0.717, 1.165) is 12.1 Å². The fraction of sp³-hybridized carbons (Fsp3) is 0.625. The number of aliphatic hydroxyl groups excluding tert-OH is 1. The van der Waals surface area contributed by atoms with Crippen molar-refractivity contribution < 1.29 is 5.11 Å². The Morgan fingerprint density at radius 1 is 1.22 bits per heavy atom. The summed E-state index contributed by atoms with van der Waals surface area (Å²) in [4.78, 5) is 0. The molecule has 2 heteroatoms. The van der Waals surface area contributed by atoms with E-state index in [2.05, 4.69) is 37.4 Å². The first-order valence-electron chi connectivity index (χ1n) is 6.99. The van der Waals surface area contributed by atoms with E-state index in [-0.39, 0.29) is 5.41 Å². The zero-order valence-electron chi connectivity index (χ0n) is 11.8. The van der Waals surface area contributed by atoms with Crippen LogP contribution in [0.3, 0.4) is 0 Å². The fourth-order valence-corrected chi connectivity index (χ4v) is 2.93. The maximum atomic E-state index is 10.5. The summed E-state index contributed by atoms with van der Waals surface area (Å²) in [6.45, 7) is 5.02. The van der Waals surface area contributed by atoms with Crippen molar-refractivity contribution in [2.75, 3.05) is 13.6 Å². The minimum Gasteiger partial charge on any atom is -0.388 e. The van der Waals surface area contributed by atoms with Crippen LogP contribution >= 0.6 is 0 Å². The van der Waals surface area contributed by atoms with E-state index < -0.39 is 6.10 Å². The van der Waals surface area contributed by atoms with Crippen LogP contribution in [0.15, 0.2) is 18.2 Å². The molecule has 0 spiro atoms. The van der Waals surface area contributed by atoms with Gasteiger partial charge in [0, 0.05) is 12.0 Å². The largest absolute Gasteiger partial charge is 0.388 e.